The van der Waals surface area contributed by atoms with Gasteiger partial charge in [0.25, 0.3) is 0 Å². The highest BCUT2D eigenvalue weighted by Crippen LogP contribution is 2.18. The van der Waals surface area contributed by atoms with E-state index in [4.69, 9.17) is 10.5 Å². The molecule has 1 fully saturated rings. The van der Waals surface area contributed by atoms with Crippen LogP contribution < -0.4 is 15.8 Å². The van der Waals surface area contributed by atoms with E-state index in [0.717, 1.165) is 5.56 Å². The molecule has 0 bridgehead atoms. The highest BCUT2D eigenvalue weighted by Gasteiger charge is 2.21. The minimum atomic E-state index is 0.512. The Labute approximate surface area is 94.7 Å². The molecule has 1 saturated carbocycles. The van der Waals surface area contributed by atoms with E-state index in [2.05, 4.69) is 15.3 Å². The van der Waals surface area contributed by atoms with Gasteiger partial charge >= 0.3 is 0 Å². The number of rotatable bonds is 4. The van der Waals surface area contributed by atoms with Crippen molar-refractivity contribution in [2.75, 3.05) is 7.11 Å². The third kappa shape index (κ3) is 3.12. The maximum absolute atomic E-state index is 5.71. The number of methoxy groups -OCH3 is 1. The van der Waals surface area contributed by atoms with Crippen LogP contribution in [0.1, 0.15) is 18.4 Å². The van der Waals surface area contributed by atoms with Gasteiger partial charge in [-0.2, -0.15) is 0 Å². The molecule has 16 heavy (non-hydrogen) atoms. The van der Waals surface area contributed by atoms with E-state index in [-0.39, 0.29) is 0 Å². The summed E-state index contributed by atoms with van der Waals surface area (Å²) in [5, 5.41) is 3.13. The molecule has 1 aromatic heterocycles. The lowest BCUT2D eigenvalue weighted by atomic mass is 10.3. The van der Waals surface area contributed by atoms with Gasteiger partial charge in [-0.25, -0.2) is 9.98 Å². The summed E-state index contributed by atoms with van der Waals surface area (Å²) in [6.07, 6.45) is 4.13. The van der Waals surface area contributed by atoms with Crippen molar-refractivity contribution in [2.24, 2.45) is 10.7 Å². The summed E-state index contributed by atoms with van der Waals surface area (Å²) in [6, 6.07) is 4.28. The Bertz CT molecular complexity index is 370. The minimum absolute atomic E-state index is 0.512. The maximum atomic E-state index is 5.71. The third-order valence-corrected chi connectivity index (χ3v) is 2.37. The van der Waals surface area contributed by atoms with Crippen molar-refractivity contribution in [2.45, 2.75) is 25.4 Å². The number of guanidine groups is 1. The molecule has 0 aliphatic heterocycles. The van der Waals surface area contributed by atoms with Gasteiger partial charge < -0.3 is 15.8 Å². The van der Waals surface area contributed by atoms with Crippen LogP contribution in [0.4, 0.5) is 0 Å². The van der Waals surface area contributed by atoms with E-state index in [1.165, 1.54) is 12.8 Å². The first-order valence-corrected chi connectivity index (χ1v) is 5.33. The van der Waals surface area contributed by atoms with Crippen molar-refractivity contribution < 1.29 is 4.74 Å². The summed E-state index contributed by atoms with van der Waals surface area (Å²) in [5.74, 6) is 1.12. The number of aliphatic imine (C=N–C) groups is 1. The molecular formula is C11H16N4O. The molecule has 0 saturated heterocycles. The Morgan fingerprint density at radius 2 is 2.44 bits per heavy atom. The number of hydrogen-bond donors (Lipinski definition) is 2. The van der Waals surface area contributed by atoms with E-state index in [0.29, 0.717) is 24.4 Å². The van der Waals surface area contributed by atoms with Crippen LogP contribution in [0.25, 0.3) is 0 Å². The molecule has 2 rings (SSSR count). The highest BCUT2D eigenvalue weighted by molar-refractivity contribution is 5.78. The topological polar surface area (TPSA) is 72.5 Å². The lowest BCUT2D eigenvalue weighted by Crippen LogP contribution is -2.33. The molecule has 0 atom stereocenters. The summed E-state index contributed by atoms with van der Waals surface area (Å²) >= 11 is 0. The lowest BCUT2D eigenvalue weighted by molar-refractivity contribution is 0.397. The first kappa shape index (κ1) is 10.7. The first-order valence-electron chi connectivity index (χ1n) is 5.33. The Morgan fingerprint density at radius 1 is 1.62 bits per heavy atom. The number of nitrogens with zero attached hydrogens (tertiary/aromatic N) is 2. The molecule has 1 aromatic rings. The third-order valence-electron chi connectivity index (χ3n) is 2.37. The molecule has 5 heteroatoms. The van der Waals surface area contributed by atoms with Gasteiger partial charge in [0, 0.05) is 18.3 Å². The molecule has 86 valence electrons. The molecule has 0 aromatic carbocycles. The minimum Gasteiger partial charge on any atom is -0.481 e. The van der Waals surface area contributed by atoms with Gasteiger partial charge in [-0.15, -0.1) is 0 Å². The van der Waals surface area contributed by atoms with Crippen LogP contribution in [-0.2, 0) is 6.54 Å². The zero-order valence-corrected chi connectivity index (χ0v) is 9.31. The molecular weight excluding hydrogens is 204 g/mol. The summed E-state index contributed by atoms with van der Waals surface area (Å²) < 4.78 is 4.97. The Morgan fingerprint density at radius 3 is 3.00 bits per heavy atom. The summed E-state index contributed by atoms with van der Waals surface area (Å²) in [4.78, 5) is 8.33. The molecule has 5 nitrogen and oxygen atoms in total. The quantitative estimate of drug-likeness (QED) is 0.577. The van der Waals surface area contributed by atoms with E-state index in [1.807, 2.05) is 12.1 Å². The second kappa shape index (κ2) is 4.83. The Kier molecular flexibility index (Phi) is 3.24. The largest absolute Gasteiger partial charge is 0.481 e. The number of ether oxygens (including phenoxy) is 1. The second-order valence-corrected chi connectivity index (χ2v) is 3.83. The number of aromatic nitrogens is 1. The average molecular weight is 220 g/mol. The predicted octanol–water partition coefficient (Wildman–Crippen LogP) is 0.657. The van der Waals surface area contributed by atoms with Crippen LogP contribution in [-0.4, -0.2) is 24.1 Å². The van der Waals surface area contributed by atoms with Crippen molar-refractivity contribution in [1.82, 2.24) is 10.3 Å². The molecule has 0 spiro atoms. The molecule has 1 aliphatic rings. The first-order chi connectivity index (χ1) is 7.78. The maximum Gasteiger partial charge on any atom is 0.212 e. The van der Waals surface area contributed by atoms with Gasteiger partial charge in [0.2, 0.25) is 5.88 Å². The Balaban J connectivity index is 1.87. The van der Waals surface area contributed by atoms with Crippen LogP contribution in [0, 0.1) is 0 Å². The van der Waals surface area contributed by atoms with Crippen molar-refractivity contribution >= 4 is 5.96 Å². The van der Waals surface area contributed by atoms with Gasteiger partial charge in [0.15, 0.2) is 5.96 Å². The highest BCUT2D eigenvalue weighted by atomic mass is 16.5. The van der Waals surface area contributed by atoms with E-state index >= 15 is 0 Å². The fourth-order valence-electron chi connectivity index (χ4n) is 1.28. The molecule has 0 amide bonds. The van der Waals surface area contributed by atoms with Crippen LogP contribution in [0.5, 0.6) is 5.88 Å². The van der Waals surface area contributed by atoms with E-state index in [9.17, 15) is 0 Å². The number of pyridine rings is 1. The fraction of sp³-hybridized carbons (Fsp3) is 0.455. The number of nitrogens with one attached hydrogen (secondary N) is 1. The molecule has 1 heterocycles. The summed E-state index contributed by atoms with van der Waals surface area (Å²) in [7, 11) is 1.59. The zero-order valence-electron chi connectivity index (χ0n) is 9.31. The van der Waals surface area contributed by atoms with Crippen LogP contribution >= 0.6 is 0 Å². The van der Waals surface area contributed by atoms with Crippen molar-refractivity contribution in [3.05, 3.63) is 23.9 Å². The lowest BCUT2D eigenvalue weighted by Gasteiger charge is -2.03. The smallest absolute Gasteiger partial charge is 0.212 e. The number of nitrogens with two attached hydrogens (primary N) is 1. The van der Waals surface area contributed by atoms with Crippen LogP contribution in [0.2, 0.25) is 0 Å². The van der Waals surface area contributed by atoms with Crippen molar-refractivity contribution in [3.63, 3.8) is 0 Å². The Hall–Kier alpha value is -1.78. The van der Waals surface area contributed by atoms with Crippen LogP contribution in [0.15, 0.2) is 23.3 Å². The fourth-order valence-corrected chi connectivity index (χ4v) is 1.28. The normalized spacial score (nSPS) is 15.9. The summed E-state index contributed by atoms with van der Waals surface area (Å²) in [5.41, 5.74) is 6.73. The van der Waals surface area contributed by atoms with Crippen molar-refractivity contribution in [1.29, 1.82) is 0 Å². The average Bonchev–Trinajstić information content (AvgIpc) is 3.11. The molecule has 0 unspecified atom stereocenters. The zero-order chi connectivity index (χ0) is 11.4. The molecule has 1 aliphatic carbocycles. The second-order valence-electron chi connectivity index (χ2n) is 3.83. The van der Waals surface area contributed by atoms with Gasteiger partial charge in [0.05, 0.1) is 13.7 Å². The van der Waals surface area contributed by atoms with E-state index in [1.54, 1.807) is 13.3 Å². The summed E-state index contributed by atoms with van der Waals surface area (Å²) in [6.45, 7) is 0.544. The monoisotopic (exact) mass is 220 g/mol. The van der Waals surface area contributed by atoms with Gasteiger partial charge in [-0.05, 0) is 18.4 Å². The molecule has 3 N–H and O–H groups in total. The van der Waals surface area contributed by atoms with Crippen LogP contribution in [0.3, 0.4) is 0 Å². The standard InChI is InChI=1S/C11H16N4O/c1-16-10-5-2-8(6-13-10)7-14-11(12)15-9-3-4-9/h2,5-6,9H,3-4,7H2,1H3,(H3,12,14,15). The molecule has 0 radical (unpaired) electrons. The van der Waals surface area contributed by atoms with Gasteiger partial charge in [0.1, 0.15) is 0 Å². The van der Waals surface area contributed by atoms with Gasteiger partial charge in [-0.1, -0.05) is 6.07 Å². The van der Waals surface area contributed by atoms with Crippen molar-refractivity contribution in [3.8, 4) is 5.88 Å². The van der Waals surface area contributed by atoms with Gasteiger partial charge in [-0.3, -0.25) is 0 Å². The van der Waals surface area contributed by atoms with E-state index < -0.39 is 0 Å². The SMILES string of the molecule is COc1ccc(CN=C(N)NC2CC2)cn1. The number of hydrogen-bond acceptors (Lipinski definition) is 3. The predicted molar refractivity (Wildman–Crippen MR) is 62.3 cm³/mol.